The van der Waals surface area contributed by atoms with Crippen LogP contribution in [0.1, 0.15) is 22.9 Å². The SMILES string of the molecule is COc1cccc(C(O)c2cccc(C(F)(F)F)c2)n1. The van der Waals surface area contributed by atoms with Crippen LogP contribution in [-0.4, -0.2) is 17.2 Å². The molecule has 1 aromatic carbocycles. The lowest BCUT2D eigenvalue weighted by molar-refractivity contribution is -0.137. The number of pyridine rings is 1. The number of alkyl halides is 3. The highest BCUT2D eigenvalue weighted by Gasteiger charge is 2.31. The average molecular weight is 283 g/mol. The quantitative estimate of drug-likeness (QED) is 0.940. The Hall–Kier alpha value is -2.08. The number of aliphatic hydroxyl groups excluding tert-OH is 1. The molecule has 0 spiro atoms. The van der Waals surface area contributed by atoms with E-state index in [2.05, 4.69) is 4.98 Å². The Kier molecular flexibility index (Phi) is 3.94. The fraction of sp³-hybridized carbons (Fsp3) is 0.214. The molecule has 0 radical (unpaired) electrons. The number of ether oxygens (including phenoxy) is 1. The summed E-state index contributed by atoms with van der Waals surface area (Å²) in [7, 11) is 1.42. The molecule has 0 aliphatic heterocycles. The number of hydrogen-bond donors (Lipinski definition) is 1. The molecule has 1 atom stereocenters. The highest BCUT2D eigenvalue weighted by atomic mass is 19.4. The minimum absolute atomic E-state index is 0.126. The summed E-state index contributed by atoms with van der Waals surface area (Å²) in [5, 5.41) is 10.1. The third-order valence-electron chi connectivity index (χ3n) is 2.76. The number of benzene rings is 1. The molecule has 1 aromatic heterocycles. The summed E-state index contributed by atoms with van der Waals surface area (Å²) in [6.07, 6.45) is -5.69. The van der Waals surface area contributed by atoms with Crippen molar-refractivity contribution in [3.63, 3.8) is 0 Å². The standard InChI is InChI=1S/C14H12F3NO2/c1-20-12-7-3-6-11(18-12)13(19)9-4-2-5-10(8-9)14(15,16)17/h2-8,13,19H,1H3. The second-order valence-electron chi connectivity index (χ2n) is 4.13. The zero-order valence-corrected chi connectivity index (χ0v) is 10.6. The lowest BCUT2D eigenvalue weighted by Gasteiger charge is -2.14. The van der Waals surface area contributed by atoms with Gasteiger partial charge in [0.05, 0.1) is 18.4 Å². The lowest BCUT2D eigenvalue weighted by Crippen LogP contribution is -2.08. The van der Waals surface area contributed by atoms with Gasteiger partial charge < -0.3 is 9.84 Å². The Morgan fingerprint density at radius 3 is 2.50 bits per heavy atom. The Morgan fingerprint density at radius 1 is 1.15 bits per heavy atom. The van der Waals surface area contributed by atoms with Crippen molar-refractivity contribution >= 4 is 0 Å². The number of aromatic nitrogens is 1. The first-order chi connectivity index (χ1) is 9.41. The highest BCUT2D eigenvalue weighted by Crippen LogP contribution is 2.32. The van der Waals surface area contributed by atoms with E-state index in [1.165, 1.54) is 25.3 Å². The number of halogens is 3. The van der Waals surface area contributed by atoms with Crippen molar-refractivity contribution in [2.45, 2.75) is 12.3 Å². The minimum atomic E-state index is -4.45. The molecule has 20 heavy (non-hydrogen) atoms. The van der Waals surface area contributed by atoms with Crippen LogP contribution in [0, 0.1) is 0 Å². The summed E-state index contributed by atoms with van der Waals surface area (Å²) in [6.45, 7) is 0. The summed E-state index contributed by atoms with van der Waals surface area (Å²) in [6, 6.07) is 9.25. The fourth-order valence-electron chi connectivity index (χ4n) is 1.75. The van der Waals surface area contributed by atoms with Crippen molar-refractivity contribution in [2.24, 2.45) is 0 Å². The van der Waals surface area contributed by atoms with Crippen LogP contribution < -0.4 is 4.74 Å². The van der Waals surface area contributed by atoms with Gasteiger partial charge in [0, 0.05) is 6.07 Å². The van der Waals surface area contributed by atoms with E-state index in [4.69, 9.17) is 4.74 Å². The van der Waals surface area contributed by atoms with Gasteiger partial charge in [0.25, 0.3) is 0 Å². The van der Waals surface area contributed by atoms with Gasteiger partial charge in [0.1, 0.15) is 6.10 Å². The molecule has 106 valence electrons. The molecular formula is C14H12F3NO2. The highest BCUT2D eigenvalue weighted by molar-refractivity contribution is 5.32. The van der Waals surface area contributed by atoms with Gasteiger partial charge in [-0.2, -0.15) is 13.2 Å². The van der Waals surface area contributed by atoms with Crippen LogP contribution in [-0.2, 0) is 6.18 Å². The number of aliphatic hydroxyl groups is 1. The van der Waals surface area contributed by atoms with E-state index in [9.17, 15) is 18.3 Å². The maximum Gasteiger partial charge on any atom is 0.416 e. The van der Waals surface area contributed by atoms with Crippen LogP contribution >= 0.6 is 0 Å². The zero-order valence-electron chi connectivity index (χ0n) is 10.6. The molecule has 2 aromatic rings. The number of methoxy groups -OCH3 is 1. The summed E-state index contributed by atoms with van der Waals surface area (Å²) in [4.78, 5) is 4.01. The van der Waals surface area contributed by atoms with Crippen molar-refractivity contribution < 1.29 is 23.0 Å². The second kappa shape index (κ2) is 5.50. The molecule has 0 bridgehead atoms. The van der Waals surface area contributed by atoms with Gasteiger partial charge in [-0.3, -0.25) is 0 Å². The van der Waals surface area contributed by atoms with Gasteiger partial charge in [-0.05, 0) is 23.8 Å². The number of hydrogen-bond acceptors (Lipinski definition) is 3. The van der Waals surface area contributed by atoms with Crippen molar-refractivity contribution in [3.05, 3.63) is 59.3 Å². The lowest BCUT2D eigenvalue weighted by atomic mass is 10.0. The maximum atomic E-state index is 12.6. The Labute approximate surface area is 113 Å². The first-order valence-corrected chi connectivity index (χ1v) is 5.78. The number of rotatable bonds is 3. The molecule has 0 aliphatic rings. The van der Waals surface area contributed by atoms with Crippen molar-refractivity contribution in [1.29, 1.82) is 0 Å². The van der Waals surface area contributed by atoms with E-state index < -0.39 is 17.8 Å². The Morgan fingerprint density at radius 2 is 1.85 bits per heavy atom. The van der Waals surface area contributed by atoms with Crippen molar-refractivity contribution in [3.8, 4) is 5.88 Å². The first kappa shape index (κ1) is 14.3. The molecule has 0 aliphatic carbocycles. The van der Waals surface area contributed by atoms with Gasteiger partial charge in [-0.25, -0.2) is 4.98 Å². The normalized spacial score (nSPS) is 13.1. The largest absolute Gasteiger partial charge is 0.481 e. The molecule has 0 saturated carbocycles. The minimum Gasteiger partial charge on any atom is -0.481 e. The molecule has 1 unspecified atom stereocenters. The second-order valence-corrected chi connectivity index (χ2v) is 4.13. The summed E-state index contributed by atoms with van der Waals surface area (Å²) < 4.78 is 42.8. The van der Waals surface area contributed by atoms with Gasteiger partial charge >= 0.3 is 6.18 Å². The third-order valence-corrected chi connectivity index (χ3v) is 2.76. The van der Waals surface area contributed by atoms with Crippen LogP contribution in [0.5, 0.6) is 5.88 Å². The maximum absolute atomic E-state index is 12.6. The van der Waals surface area contributed by atoms with Gasteiger partial charge in [-0.15, -0.1) is 0 Å². The monoisotopic (exact) mass is 283 g/mol. The van der Waals surface area contributed by atoms with Crippen LogP contribution in [0.3, 0.4) is 0 Å². The van der Waals surface area contributed by atoms with E-state index in [-0.39, 0.29) is 17.1 Å². The van der Waals surface area contributed by atoms with E-state index in [0.717, 1.165) is 12.1 Å². The Balaban J connectivity index is 2.35. The van der Waals surface area contributed by atoms with E-state index >= 15 is 0 Å². The molecule has 1 heterocycles. The van der Waals surface area contributed by atoms with Gasteiger partial charge in [0.2, 0.25) is 5.88 Å². The third kappa shape index (κ3) is 3.08. The van der Waals surface area contributed by atoms with Crippen LogP contribution in [0.25, 0.3) is 0 Å². The topological polar surface area (TPSA) is 42.4 Å². The number of nitrogens with zero attached hydrogens (tertiary/aromatic N) is 1. The van der Waals surface area contributed by atoms with Crippen molar-refractivity contribution in [1.82, 2.24) is 4.98 Å². The predicted molar refractivity (Wildman–Crippen MR) is 66.3 cm³/mol. The Bertz CT molecular complexity index is 599. The summed E-state index contributed by atoms with van der Waals surface area (Å²) in [5.41, 5.74) is -0.457. The van der Waals surface area contributed by atoms with Crippen LogP contribution in [0.2, 0.25) is 0 Å². The molecule has 3 nitrogen and oxygen atoms in total. The summed E-state index contributed by atoms with van der Waals surface area (Å²) >= 11 is 0. The van der Waals surface area contributed by atoms with Crippen LogP contribution in [0.4, 0.5) is 13.2 Å². The van der Waals surface area contributed by atoms with Gasteiger partial charge in [-0.1, -0.05) is 18.2 Å². The van der Waals surface area contributed by atoms with E-state index in [0.29, 0.717) is 0 Å². The molecule has 2 rings (SSSR count). The van der Waals surface area contributed by atoms with E-state index in [1.54, 1.807) is 12.1 Å². The molecule has 0 amide bonds. The molecule has 0 saturated heterocycles. The zero-order chi connectivity index (χ0) is 14.8. The first-order valence-electron chi connectivity index (χ1n) is 5.78. The molecule has 6 heteroatoms. The molecule has 0 fully saturated rings. The van der Waals surface area contributed by atoms with Crippen molar-refractivity contribution in [2.75, 3.05) is 7.11 Å². The molecular weight excluding hydrogens is 271 g/mol. The predicted octanol–water partition coefficient (Wildman–Crippen LogP) is 3.19. The fourth-order valence-corrected chi connectivity index (χ4v) is 1.75. The van der Waals surface area contributed by atoms with Crippen LogP contribution in [0.15, 0.2) is 42.5 Å². The van der Waals surface area contributed by atoms with Gasteiger partial charge in [0.15, 0.2) is 0 Å². The van der Waals surface area contributed by atoms with E-state index in [1.807, 2.05) is 0 Å². The molecule has 1 N–H and O–H groups in total. The average Bonchev–Trinajstić information content (AvgIpc) is 2.46. The summed E-state index contributed by atoms with van der Waals surface area (Å²) in [5.74, 6) is 0.286. The smallest absolute Gasteiger partial charge is 0.416 e.